The van der Waals surface area contributed by atoms with Crippen molar-refractivity contribution in [2.45, 2.75) is 56.7 Å². The quantitative estimate of drug-likeness (QED) is 0.662. The van der Waals surface area contributed by atoms with E-state index in [0.29, 0.717) is 28.6 Å². The number of hydrogen-bond donors (Lipinski definition) is 1. The van der Waals surface area contributed by atoms with Gasteiger partial charge in [0.2, 0.25) is 5.91 Å². The number of carbonyl (C=O) groups is 1. The summed E-state index contributed by atoms with van der Waals surface area (Å²) in [5.74, 6) is 1.26. The zero-order valence-corrected chi connectivity index (χ0v) is 13.9. The van der Waals surface area contributed by atoms with Crippen LogP contribution >= 0.6 is 11.8 Å². The molecule has 0 saturated heterocycles. The summed E-state index contributed by atoms with van der Waals surface area (Å²) < 4.78 is 10.5. The molecule has 0 spiro atoms. The Kier molecular flexibility index (Phi) is 5.32. The Morgan fingerprint density at radius 3 is 2.78 bits per heavy atom. The Morgan fingerprint density at radius 1 is 1.30 bits per heavy atom. The lowest BCUT2D eigenvalue weighted by Gasteiger charge is -2.15. The highest BCUT2D eigenvalue weighted by Gasteiger charge is 2.17. The molecule has 1 amide bonds. The first-order chi connectivity index (χ1) is 11.2. The van der Waals surface area contributed by atoms with Gasteiger partial charge in [0.1, 0.15) is 5.76 Å². The minimum atomic E-state index is 0.0129. The highest BCUT2D eigenvalue weighted by atomic mass is 32.2. The van der Waals surface area contributed by atoms with E-state index in [2.05, 4.69) is 20.7 Å². The maximum Gasteiger partial charge on any atom is 0.277 e. The summed E-state index contributed by atoms with van der Waals surface area (Å²) in [5, 5.41) is 15.1. The van der Waals surface area contributed by atoms with Gasteiger partial charge in [0.05, 0.1) is 5.75 Å². The number of aryl methyl sites for hydroxylation is 1. The number of nitrogens with zero attached hydrogens (tertiary/aromatic N) is 3. The van der Waals surface area contributed by atoms with Crippen LogP contribution in [0.5, 0.6) is 0 Å². The summed E-state index contributed by atoms with van der Waals surface area (Å²) in [5.41, 5.74) is 0.504. The number of amides is 1. The number of carbonyl (C=O) groups excluding carboxylic acids is 1. The fourth-order valence-corrected chi connectivity index (χ4v) is 3.23. The molecule has 1 N–H and O–H groups in total. The SMILES string of the molecule is Cc1cc(-c2nnc(SCC(=O)NC3CCCCCC3)o2)no1. The van der Waals surface area contributed by atoms with E-state index in [-0.39, 0.29) is 11.7 Å². The number of nitrogens with one attached hydrogen (secondary N) is 1. The molecule has 0 aliphatic heterocycles. The number of aromatic nitrogens is 3. The molecule has 124 valence electrons. The van der Waals surface area contributed by atoms with Crippen molar-refractivity contribution in [3.05, 3.63) is 11.8 Å². The van der Waals surface area contributed by atoms with Crippen molar-refractivity contribution in [3.63, 3.8) is 0 Å². The van der Waals surface area contributed by atoms with Gasteiger partial charge < -0.3 is 14.3 Å². The molecule has 0 aromatic carbocycles. The van der Waals surface area contributed by atoms with Crippen molar-refractivity contribution >= 4 is 17.7 Å². The Balaban J connectivity index is 1.48. The topological polar surface area (TPSA) is 94.1 Å². The molecule has 1 saturated carbocycles. The van der Waals surface area contributed by atoms with Gasteiger partial charge in [0.15, 0.2) is 5.69 Å². The van der Waals surface area contributed by atoms with Gasteiger partial charge in [-0.2, -0.15) is 0 Å². The third-order valence-electron chi connectivity index (χ3n) is 3.80. The van der Waals surface area contributed by atoms with E-state index in [4.69, 9.17) is 8.94 Å². The summed E-state index contributed by atoms with van der Waals surface area (Å²) in [6.45, 7) is 1.79. The molecule has 2 heterocycles. The second kappa shape index (κ2) is 7.63. The van der Waals surface area contributed by atoms with Crippen molar-refractivity contribution in [2.24, 2.45) is 0 Å². The van der Waals surface area contributed by atoms with Crippen molar-refractivity contribution in [2.75, 3.05) is 5.75 Å². The van der Waals surface area contributed by atoms with Gasteiger partial charge in [-0.3, -0.25) is 4.79 Å². The Morgan fingerprint density at radius 2 is 2.09 bits per heavy atom. The molecule has 8 heteroatoms. The average Bonchev–Trinajstić information content (AvgIpc) is 3.10. The molecule has 2 aromatic heterocycles. The second-order valence-electron chi connectivity index (χ2n) is 5.74. The lowest BCUT2D eigenvalue weighted by Crippen LogP contribution is -2.35. The van der Waals surface area contributed by atoms with Gasteiger partial charge in [-0.15, -0.1) is 10.2 Å². The van der Waals surface area contributed by atoms with Crippen molar-refractivity contribution in [3.8, 4) is 11.6 Å². The molecule has 0 atom stereocenters. The van der Waals surface area contributed by atoms with Crippen LogP contribution in [0, 0.1) is 6.92 Å². The molecule has 3 rings (SSSR count). The van der Waals surface area contributed by atoms with E-state index in [1.807, 2.05) is 0 Å². The molecule has 23 heavy (non-hydrogen) atoms. The third kappa shape index (κ3) is 4.57. The van der Waals surface area contributed by atoms with Crippen molar-refractivity contribution in [1.82, 2.24) is 20.7 Å². The third-order valence-corrected chi connectivity index (χ3v) is 4.62. The second-order valence-corrected chi connectivity index (χ2v) is 6.67. The van der Waals surface area contributed by atoms with E-state index in [0.717, 1.165) is 12.8 Å². The standard InChI is InChI=1S/C15H20N4O3S/c1-10-8-12(19-22-10)14-17-18-15(21-14)23-9-13(20)16-11-6-4-2-3-5-7-11/h8,11H,2-7,9H2,1H3,(H,16,20). The highest BCUT2D eigenvalue weighted by Crippen LogP contribution is 2.23. The lowest BCUT2D eigenvalue weighted by molar-refractivity contribution is -0.119. The predicted molar refractivity (Wildman–Crippen MR) is 84.9 cm³/mol. The van der Waals surface area contributed by atoms with E-state index in [1.165, 1.54) is 37.4 Å². The Labute approximate surface area is 138 Å². The Hall–Kier alpha value is -1.83. The van der Waals surface area contributed by atoms with Gasteiger partial charge in [0.25, 0.3) is 11.1 Å². The van der Waals surface area contributed by atoms with Crippen molar-refractivity contribution < 1.29 is 13.7 Å². The maximum atomic E-state index is 12.0. The summed E-state index contributed by atoms with van der Waals surface area (Å²) in [7, 11) is 0. The van der Waals surface area contributed by atoms with Gasteiger partial charge in [-0.1, -0.05) is 42.6 Å². The zero-order valence-electron chi connectivity index (χ0n) is 13.1. The first-order valence-electron chi connectivity index (χ1n) is 7.90. The minimum Gasteiger partial charge on any atom is -0.409 e. The minimum absolute atomic E-state index is 0.0129. The Bertz CT molecular complexity index is 647. The monoisotopic (exact) mass is 336 g/mol. The van der Waals surface area contributed by atoms with Crippen LogP contribution in [0.15, 0.2) is 20.2 Å². The number of thioether (sulfide) groups is 1. The molecular weight excluding hydrogens is 316 g/mol. The van der Waals surface area contributed by atoms with E-state index < -0.39 is 0 Å². The van der Waals surface area contributed by atoms with Crippen LogP contribution in [0.1, 0.15) is 44.3 Å². The number of rotatable bonds is 5. The molecular formula is C15H20N4O3S. The zero-order chi connectivity index (χ0) is 16.1. The lowest BCUT2D eigenvalue weighted by atomic mass is 10.1. The normalized spacial score (nSPS) is 16.2. The number of hydrogen-bond acceptors (Lipinski definition) is 7. The van der Waals surface area contributed by atoms with E-state index in [1.54, 1.807) is 13.0 Å². The summed E-state index contributed by atoms with van der Waals surface area (Å²) in [4.78, 5) is 12.0. The van der Waals surface area contributed by atoms with Crippen molar-refractivity contribution in [1.29, 1.82) is 0 Å². The van der Waals surface area contributed by atoms with Gasteiger partial charge in [0, 0.05) is 12.1 Å². The molecule has 1 aliphatic rings. The smallest absolute Gasteiger partial charge is 0.277 e. The van der Waals surface area contributed by atoms with Crippen LogP contribution in [-0.4, -0.2) is 33.1 Å². The molecule has 0 unspecified atom stereocenters. The molecule has 7 nitrogen and oxygen atoms in total. The van der Waals surface area contributed by atoms with E-state index in [9.17, 15) is 4.79 Å². The molecule has 0 radical (unpaired) electrons. The van der Waals surface area contributed by atoms with Crippen LogP contribution in [0.4, 0.5) is 0 Å². The molecule has 0 bridgehead atoms. The highest BCUT2D eigenvalue weighted by molar-refractivity contribution is 7.99. The summed E-state index contributed by atoms with van der Waals surface area (Å²) in [6, 6.07) is 2.03. The van der Waals surface area contributed by atoms with Crippen LogP contribution in [0.3, 0.4) is 0 Å². The first kappa shape index (κ1) is 16.0. The van der Waals surface area contributed by atoms with E-state index >= 15 is 0 Å². The van der Waals surface area contributed by atoms with Crippen LogP contribution in [-0.2, 0) is 4.79 Å². The maximum absolute atomic E-state index is 12.0. The van der Waals surface area contributed by atoms with Crippen LogP contribution < -0.4 is 5.32 Å². The molecule has 1 fully saturated rings. The van der Waals surface area contributed by atoms with Crippen LogP contribution in [0.2, 0.25) is 0 Å². The summed E-state index contributed by atoms with van der Waals surface area (Å²) in [6.07, 6.45) is 7.09. The first-order valence-corrected chi connectivity index (χ1v) is 8.88. The largest absolute Gasteiger partial charge is 0.409 e. The predicted octanol–water partition coefficient (Wildman–Crippen LogP) is 2.96. The summed E-state index contributed by atoms with van der Waals surface area (Å²) >= 11 is 1.23. The fourth-order valence-electron chi connectivity index (χ4n) is 2.66. The molecule has 1 aliphatic carbocycles. The van der Waals surface area contributed by atoms with Gasteiger partial charge in [-0.25, -0.2) is 0 Å². The fraction of sp³-hybridized carbons (Fsp3) is 0.600. The van der Waals surface area contributed by atoms with Crippen LogP contribution in [0.25, 0.3) is 11.6 Å². The average molecular weight is 336 g/mol. The molecule has 2 aromatic rings. The van der Waals surface area contributed by atoms with Gasteiger partial charge >= 0.3 is 0 Å². The van der Waals surface area contributed by atoms with Gasteiger partial charge in [-0.05, 0) is 19.8 Å².